The van der Waals surface area contributed by atoms with Crippen LogP contribution in [0.25, 0.3) is 6.08 Å². The normalized spacial score (nSPS) is 17.5. The SMILES string of the molecule is CON=C(C(=O)NC1C(=O)N2C(C(=O)OC(c3ccccc3)c3ccccc3)=C(C=Cc3cccnn3)CS[C@@H]12)c1csc(NC=O)n1. The summed E-state index contributed by atoms with van der Waals surface area (Å²) in [6.45, 7) is 0. The number of carbonyl (C=O) groups is 4. The molecule has 0 aliphatic carbocycles. The highest BCUT2D eigenvalue weighted by Gasteiger charge is 2.54. The first-order chi connectivity index (χ1) is 23.5. The average molecular weight is 682 g/mol. The molecule has 1 unspecified atom stereocenters. The highest BCUT2D eigenvalue weighted by atomic mass is 32.2. The second kappa shape index (κ2) is 14.8. The lowest BCUT2D eigenvalue weighted by atomic mass is 10.00. The topological polar surface area (TPSA) is 165 Å². The van der Waals surface area contributed by atoms with Gasteiger partial charge in [0.15, 0.2) is 16.9 Å². The molecule has 2 aliphatic rings. The molecule has 3 amide bonds. The molecule has 15 heteroatoms. The number of thioether (sulfide) groups is 1. The van der Waals surface area contributed by atoms with E-state index >= 15 is 0 Å². The number of carbonyl (C=O) groups excluding carboxylic acids is 4. The van der Waals surface area contributed by atoms with E-state index in [2.05, 4.69) is 31.0 Å². The highest BCUT2D eigenvalue weighted by molar-refractivity contribution is 8.00. The van der Waals surface area contributed by atoms with Crippen molar-refractivity contribution in [2.75, 3.05) is 18.2 Å². The number of hydrogen-bond donors (Lipinski definition) is 2. The number of fused-ring (bicyclic) bond motifs is 1. The van der Waals surface area contributed by atoms with Crippen LogP contribution in [0, 0.1) is 0 Å². The van der Waals surface area contributed by atoms with Crippen molar-refractivity contribution in [1.82, 2.24) is 25.4 Å². The Morgan fingerprint density at radius 2 is 1.77 bits per heavy atom. The van der Waals surface area contributed by atoms with Crippen LogP contribution in [0.5, 0.6) is 0 Å². The molecule has 0 radical (unpaired) electrons. The molecule has 0 bridgehead atoms. The zero-order chi connectivity index (χ0) is 33.5. The van der Waals surface area contributed by atoms with E-state index in [1.807, 2.05) is 60.7 Å². The van der Waals surface area contributed by atoms with E-state index in [0.29, 0.717) is 23.4 Å². The molecule has 6 rings (SSSR count). The monoisotopic (exact) mass is 681 g/mol. The molecule has 1 fully saturated rings. The van der Waals surface area contributed by atoms with Crippen LogP contribution < -0.4 is 10.6 Å². The lowest BCUT2D eigenvalue weighted by molar-refractivity contribution is -0.154. The summed E-state index contributed by atoms with van der Waals surface area (Å²) < 4.78 is 6.19. The lowest BCUT2D eigenvalue weighted by Gasteiger charge is -2.49. The Balaban J connectivity index is 1.29. The first-order valence-electron chi connectivity index (χ1n) is 14.5. The molecule has 2 aromatic carbocycles. The minimum atomic E-state index is -0.983. The predicted octanol–water partition coefficient (Wildman–Crippen LogP) is 3.55. The molecule has 2 aromatic heterocycles. The number of thiazole rings is 1. The summed E-state index contributed by atoms with van der Waals surface area (Å²) in [7, 11) is 1.27. The van der Waals surface area contributed by atoms with Gasteiger partial charge in [-0.2, -0.15) is 10.2 Å². The lowest BCUT2D eigenvalue weighted by Crippen LogP contribution is -2.71. The van der Waals surface area contributed by atoms with Gasteiger partial charge in [0, 0.05) is 17.3 Å². The Morgan fingerprint density at radius 1 is 1.04 bits per heavy atom. The van der Waals surface area contributed by atoms with E-state index in [9.17, 15) is 19.2 Å². The van der Waals surface area contributed by atoms with Crippen molar-refractivity contribution in [2.45, 2.75) is 17.5 Å². The van der Waals surface area contributed by atoms with Gasteiger partial charge in [0.1, 0.15) is 29.9 Å². The van der Waals surface area contributed by atoms with Crippen molar-refractivity contribution in [2.24, 2.45) is 5.16 Å². The minimum absolute atomic E-state index is 0.0705. The van der Waals surface area contributed by atoms with Gasteiger partial charge >= 0.3 is 5.97 Å². The van der Waals surface area contributed by atoms with Gasteiger partial charge in [-0.25, -0.2) is 9.78 Å². The molecule has 2 atom stereocenters. The Hall–Kier alpha value is -5.67. The fourth-order valence-corrected chi connectivity index (χ4v) is 7.07. The molecule has 2 aliphatic heterocycles. The van der Waals surface area contributed by atoms with Crippen molar-refractivity contribution >= 4 is 64.2 Å². The number of ether oxygens (including phenoxy) is 1. The summed E-state index contributed by atoms with van der Waals surface area (Å²) in [6.07, 6.45) is 4.70. The Morgan fingerprint density at radius 3 is 2.42 bits per heavy atom. The fourth-order valence-electron chi connectivity index (χ4n) is 5.10. The van der Waals surface area contributed by atoms with Crippen LogP contribution in [0.15, 0.2) is 107 Å². The van der Waals surface area contributed by atoms with Gasteiger partial charge in [-0.05, 0) is 34.9 Å². The molecule has 0 saturated carbocycles. The summed E-state index contributed by atoms with van der Waals surface area (Å²) >= 11 is 2.47. The first-order valence-corrected chi connectivity index (χ1v) is 16.4. The van der Waals surface area contributed by atoms with E-state index < -0.39 is 35.3 Å². The van der Waals surface area contributed by atoms with E-state index in [-0.39, 0.29) is 22.2 Å². The van der Waals surface area contributed by atoms with Crippen LogP contribution in [0.4, 0.5) is 5.13 Å². The van der Waals surface area contributed by atoms with Crippen LogP contribution in [-0.4, -0.2) is 74.3 Å². The highest BCUT2D eigenvalue weighted by Crippen LogP contribution is 2.42. The first kappa shape index (κ1) is 32.3. The van der Waals surface area contributed by atoms with Gasteiger partial charge in [0.25, 0.3) is 11.8 Å². The quantitative estimate of drug-likeness (QED) is 0.0743. The number of allylic oxidation sites excluding steroid dienone is 1. The van der Waals surface area contributed by atoms with Gasteiger partial charge in [-0.15, -0.1) is 23.1 Å². The largest absolute Gasteiger partial charge is 0.448 e. The van der Waals surface area contributed by atoms with E-state index in [4.69, 9.17) is 9.57 Å². The number of oxime groups is 1. The number of benzene rings is 2. The number of hydrogen-bond acceptors (Lipinski definition) is 12. The van der Waals surface area contributed by atoms with Crippen molar-refractivity contribution in [1.29, 1.82) is 0 Å². The molecule has 13 nitrogen and oxygen atoms in total. The Bertz CT molecular complexity index is 1860. The standard InChI is InChI=1S/C33H27N7O6S2/c1-45-39-25(24-18-48-33(36-24)34-19-41)29(42)37-26-30(43)40-27(22(17-47-31(26)40)14-15-23-13-8-16-35-38-23)32(44)46-28(20-9-4-2-5-10-20)21-11-6-3-7-12-21/h2-16,18-19,26,28,31H,17H2,1H3,(H,37,42)(H,34,36,41)/t26?,31-/m0/s1. The zero-order valence-corrected chi connectivity index (χ0v) is 26.9. The molecule has 2 N–H and O–H groups in total. The summed E-state index contributed by atoms with van der Waals surface area (Å²) in [4.78, 5) is 62.5. The van der Waals surface area contributed by atoms with E-state index in [0.717, 1.165) is 22.5 Å². The Kier molecular flexibility index (Phi) is 9.97. The number of rotatable bonds is 12. The molecule has 48 heavy (non-hydrogen) atoms. The van der Waals surface area contributed by atoms with Crippen molar-refractivity contribution in [3.8, 4) is 0 Å². The smallest absolute Gasteiger partial charge is 0.356 e. The molecular weight excluding hydrogens is 655 g/mol. The van der Waals surface area contributed by atoms with Crippen LogP contribution in [0.1, 0.15) is 28.6 Å². The average Bonchev–Trinajstić information content (AvgIpc) is 3.59. The number of amides is 3. The predicted molar refractivity (Wildman–Crippen MR) is 179 cm³/mol. The third-order valence-electron chi connectivity index (χ3n) is 7.28. The molecule has 242 valence electrons. The molecule has 1 saturated heterocycles. The van der Waals surface area contributed by atoms with E-state index in [1.165, 1.54) is 29.2 Å². The zero-order valence-electron chi connectivity index (χ0n) is 25.3. The van der Waals surface area contributed by atoms with Gasteiger partial charge in [-0.3, -0.25) is 19.3 Å². The van der Waals surface area contributed by atoms with Crippen LogP contribution >= 0.6 is 23.1 Å². The minimum Gasteiger partial charge on any atom is -0.448 e. The van der Waals surface area contributed by atoms with Crippen molar-refractivity contribution in [3.63, 3.8) is 0 Å². The van der Waals surface area contributed by atoms with Gasteiger partial charge in [0.05, 0.1) is 5.69 Å². The maximum atomic E-state index is 14.2. The molecule has 4 aromatic rings. The van der Waals surface area contributed by atoms with Crippen molar-refractivity contribution in [3.05, 3.63) is 124 Å². The number of nitrogens with one attached hydrogen (secondary N) is 2. The van der Waals surface area contributed by atoms with E-state index in [1.54, 1.807) is 30.5 Å². The fraction of sp³-hybridized carbons (Fsp3) is 0.152. The number of anilines is 1. The van der Waals surface area contributed by atoms with Gasteiger partial charge in [-0.1, -0.05) is 71.9 Å². The Labute approximate surface area is 282 Å². The van der Waals surface area contributed by atoms with Crippen LogP contribution in [-0.2, 0) is 28.8 Å². The number of β-lactam (4-membered cyclic amide) rings is 1. The van der Waals surface area contributed by atoms with Crippen LogP contribution in [0.2, 0.25) is 0 Å². The summed E-state index contributed by atoms with van der Waals surface area (Å²) in [5.74, 6) is -1.59. The molecule has 0 spiro atoms. The second-order valence-corrected chi connectivity index (χ2v) is 12.2. The molecule has 4 heterocycles. The summed E-state index contributed by atoms with van der Waals surface area (Å²) in [5, 5.41) is 18.1. The summed E-state index contributed by atoms with van der Waals surface area (Å²) in [5.41, 5.74) is 2.66. The van der Waals surface area contributed by atoms with Gasteiger partial charge in [0.2, 0.25) is 6.41 Å². The third-order valence-corrected chi connectivity index (χ3v) is 9.36. The maximum Gasteiger partial charge on any atom is 0.356 e. The molecular formula is C33H27N7O6S2. The van der Waals surface area contributed by atoms with Crippen molar-refractivity contribution < 1.29 is 28.8 Å². The maximum absolute atomic E-state index is 14.2. The van der Waals surface area contributed by atoms with Gasteiger partial charge < -0.3 is 20.2 Å². The van der Waals surface area contributed by atoms with Crippen LogP contribution in [0.3, 0.4) is 0 Å². The number of nitrogens with zero attached hydrogens (tertiary/aromatic N) is 5. The number of esters is 1. The summed E-state index contributed by atoms with van der Waals surface area (Å²) in [6, 6.07) is 21.2. The second-order valence-electron chi connectivity index (χ2n) is 10.2. The third kappa shape index (κ3) is 6.86. The number of aromatic nitrogens is 3.